The molecule has 0 heterocycles. The lowest BCUT2D eigenvalue weighted by Gasteiger charge is -2.31. The zero-order chi connectivity index (χ0) is 21.4. The van der Waals surface area contributed by atoms with Crippen molar-refractivity contribution < 1.29 is 9.59 Å². The van der Waals surface area contributed by atoms with Gasteiger partial charge in [-0.05, 0) is 62.6 Å². The summed E-state index contributed by atoms with van der Waals surface area (Å²) in [6.45, 7) is 8.23. The predicted molar refractivity (Wildman–Crippen MR) is 121 cm³/mol. The number of amides is 2. The summed E-state index contributed by atoms with van der Waals surface area (Å²) in [6, 6.07) is 14.9. The number of aryl methyl sites for hydroxylation is 1. The van der Waals surface area contributed by atoms with Gasteiger partial charge in [-0.15, -0.1) is 11.8 Å². The molecule has 1 N–H and O–H groups in total. The van der Waals surface area contributed by atoms with Crippen LogP contribution in [0.2, 0.25) is 5.02 Å². The van der Waals surface area contributed by atoms with Crippen molar-refractivity contribution in [1.29, 1.82) is 0 Å². The molecule has 1 atom stereocenters. The molecule has 2 amide bonds. The molecule has 0 bridgehead atoms. The fourth-order valence-electron chi connectivity index (χ4n) is 3.03. The van der Waals surface area contributed by atoms with Crippen LogP contribution < -0.4 is 5.32 Å². The topological polar surface area (TPSA) is 49.4 Å². The van der Waals surface area contributed by atoms with Crippen molar-refractivity contribution in [2.75, 3.05) is 5.75 Å². The zero-order valence-corrected chi connectivity index (χ0v) is 19.0. The summed E-state index contributed by atoms with van der Waals surface area (Å²) in [5.41, 5.74) is 2.16. The monoisotopic (exact) mass is 432 g/mol. The van der Waals surface area contributed by atoms with Gasteiger partial charge >= 0.3 is 0 Å². The molecule has 4 nitrogen and oxygen atoms in total. The van der Waals surface area contributed by atoms with Gasteiger partial charge in [0.2, 0.25) is 11.8 Å². The van der Waals surface area contributed by atoms with Gasteiger partial charge in [-0.25, -0.2) is 0 Å². The van der Waals surface area contributed by atoms with E-state index in [1.807, 2.05) is 76.2 Å². The Balaban J connectivity index is 2.21. The molecule has 0 saturated heterocycles. The molecule has 6 heteroatoms. The maximum atomic E-state index is 13.2. The lowest BCUT2D eigenvalue weighted by molar-refractivity contribution is -0.139. The number of carbonyl (C=O) groups is 2. The van der Waals surface area contributed by atoms with Gasteiger partial charge in [-0.3, -0.25) is 9.59 Å². The second kappa shape index (κ2) is 11.3. The number of halogens is 1. The second-order valence-electron chi connectivity index (χ2n) is 7.28. The van der Waals surface area contributed by atoms with E-state index in [1.165, 1.54) is 11.8 Å². The van der Waals surface area contributed by atoms with E-state index in [4.69, 9.17) is 11.6 Å². The van der Waals surface area contributed by atoms with Gasteiger partial charge in [0.25, 0.3) is 0 Å². The number of nitrogens with one attached hydrogen (secondary N) is 1. The van der Waals surface area contributed by atoms with Crippen LogP contribution in [0.4, 0.5) is 0 Å². The average Bonchev–Trinajstić information content (AvgIpc) is 2.68. The van der Waals surface area contributed by atoms with Crippen LogP contribution in [0.25, 0.3) is 0 Å². The van der Waals surface area contributed by atoms with E-state index in [1.54, 1.807) is 4.90 Å². The second-order valence-corrected chi connectivity index (χ2v) is 8.76. The molecular formula is C23H29ClN2O2S. The first-order valence-electron chi connectivity index (χ1n) is 9.84. The van der Waals surface area contributed by atoms with E-state index < -0.39 is 6.04 Å². The van der Waals surface area contributed by atoms with Crippen LogP contribution in [0.3, 0.4) is 0 Å². The van der Waals surface area contributed by atoms with Crippen molar-refractivity contribution in [3.8, 4) is 0 Å². The summed E-state index contributed by atoms with van der Waals surface area (Å²) in [5, 5.41) is 3.62. The molecule has 0 spiro atoms. The number of carbonyl (C=O) groups excluding carboxylic acids is 2. The lowest BCUT2D eigenvalue weighted by atomic mass is 10.1. The Morgan fingerprint density at radius 3 is 2.34 bits per heavy atom. The average molecular weight is 433 g/mol. The normalized spacial score (nSPS) is 11.9. The first kappa shape index (κ1) is 23.3. The number of hydrogen-bond donors (Lipinski definition) is 1. The van der Waals surface area contributed by atoms with Crippen molar-refractivity contribution in [2.24, 2.45) is 0 Å². The number of hydrogen-bond acceptors (Lipinski definition) is 3. The lowest BCUT2D eigenvalue weighted by Crippen LogP contribution is -2.51. The third kappa shape index (κ3) is 7.09. The highest BCUT2D eigenvalue weighted by atomic mass is 35.5. The summed E-state index contributed by atoms with van der Waals surface area (Å²) in [7, 11) is 0. The Bertz CT molecular complexity index is 824. The maximum Gasteiger partial charge on any atom is 0.243 e. The largest absolute Gasteiger partial charge is 0.352 e. The van der Waals surface area contributed by atoms with Gasteiger partial charge in [0, 0.05) is 22.5 Å². The quantitative estimate of drug-likeness (QED) is 0.562. The number of rotatable bonds is 9. The molecule has 0 fully saturated rings. The highest BCUT2D eigenvalue weighted by Gasteiger charge is 2.29. The van der Waals surface area contributed by atoms with E-state index in [2.05, 4.69) is 5.32 Å². The highest BCUT2D eigenvalue weighted by molar-refractivity contribution is 8.00. The summed E-state index contributed by atoms with van der Waals surface area (Å²) in [4.78, 5) is 28.7. The van der Waals surface area contributed by atoms with Crippen LogP contribution in [0.1, 0.15) is 38.3 Å². The molecular weight excluding hydrogens is 404 g/mol. The Morgan fingerprint density at radius 2 is 1.76 bits per heavy atom. The van der Waals surface area contributed by atoms with Crippen LogP contribution in [-0.4, -0.2) is 34.6 Å². The predicted octanol–water partition coefficient (Wildman–Crippen LogP) is 5.07. The minimum absolute atomic E-state index is 0.0235. The van der Waals surface area contributed by atoms with E-state index in [9.17, 15) is 9.59 Å². The first-order chi connectivity index (χ1) is 13.8. The Morgan fingerprint density at radius 1 is 1.10 bits per heavy atom. The number of nitrogens with zero attached hydrogens (tertiary/aromatic N) is 1. The summed E-state index contributed by atoms with van der Waals surface area (Å²) in [6.07, 6.45) is 0.557. The van der Waals surface area contributed by atoms with Gasteiger partial charge < -0.3 is 10.2 Å². The highest BCUT2D eigenvalue weighted by Crippen LogP contribution is 2.23. The molecule has 0 aliphatic carbocycles. The van der Waals surface area contributed by atoms with Crippen LogP contribution in [-0.2, 0) is 16.1 Å². The maximum absolute atomic E-state index is 13.2. The van der Waals surface area contributed by atoms with Crippen molar-refractivity contribution in [3.05, 3.63) is 64.7 Å². The van der Waals surface area contributed by atoms with Gasteiger partial charge in [0.1, 0.15) is 6.04 Å². The van der Waals surface area contributed by atoms with Crippen molar-refractivity contribution >= 4 is 35.2 Å². The minimum Gasteiger partial charge on any atom is -0.352 e. The number of thioether (sulfide) groups is 1. The SMILES string of the molecule is CCC(C(=O)NC(C)C)N(Cc1ccccc1C)C(=O)CSc1ccc(Cl)cc1. The fraction of sp³-hybridized carbons (Fsp3) is 0.391. The van der Waals surface area contributed by atoms with Crippen LogP contribution >= 0.6 is 23.4 Å². The van der Waals surface area contributed by atoms with E-state index in [0.717, 1.165) is 16.0 Å². The fourth-order valence-corrected chi connectivity index (χ4v) is 3.94. The standard InChI is InChI=1S/C23H29ClN2O2S/c1-5-21(23(28)25-16(2)3)26(14-18-9-7-6-8-17(18)4)22(27)15-29-20-12-10-19(24)11-13-20/h6-13,16,21H,5,14-15H2,1-4H3,(H,25,28). The van der Waals surface area contributed by atoms with Gasteiger partial charge in [0.15, 0.2) is 0 Å². The smallest absolute Gasteiger partial charge is 0.243 e. The van der Waals surface area contributed by atoms with Crippen molar-refractivity contribution in [3.63, 3.8) is 0 Å². The van der Waals surface area contributed by atoms with Gasteiger partial charge in [-0.1, -0.05) is 42.8 Å². The van der Waals surface area contributed by atoms with E-state index in [0.29, 0.717) is 18.0 Å². The van der Waals surface area contributed by atoms with E-state index >= 15 is 0 Å². The molecule has 0 saturated carbocycles. The van der Waals surface area contributed by atoms with Crippen molar-refractivity contribution in [1.82, 2.24) is 10.2 Å². The van der Waals surface area contributed by atoms with Crippen LogP contribution in [0, 0.1) is 6.92 Å². The van der Waals surface area contributed by atoms with Gasteiger partial charge in [0.05, 0.1) is 5.75 Å². The third-order valence-corrected chi connectivity index (χ3v) is 5.84. The first-order valence-corrected chi connectivity index (χ1v) is 11.2. The Kier molecular flexibility index (Phi) is 9.05. The van der Waals surface area contributed by atoms with Crippen molar-refractivity contribution in [2.45, 2.75) is 57.6 Å². The molecule has 2 aromatic carbocycles. The zero-order valence-electron chi connectivity index (χ0n) is 17.4. The third-order valence-electron chi connectivity index (χ3n) is 4.59. The molecule has 29 heavy (non-hydrogen) atoms. The molecule has 2 aromatic rings. The summed E-state index contributed by atoms with van der Waals surface area (Å²) < 4.78 is 0. The molecule has 0 aromatic heterocycles. The molecule has 0 radical (unpaired) electrons. The summed E-state index contributed by atoms with van der Waals surface area (Å²) >= 11 is 7.39. The Hall–Kier alpha value is -1.98. The molecule has 156 valence electrons. The van der Waals surface area contributed by atoms with Gasteiger partial charge in [-0.2, -0.15) is 0 Å². The Labute approximate surface area is 183 Å². The molecule has 0 aliphatic rings. The number of benzene rings is 2. The van der Waals surface area contributed by atoms with Crippen LogP contribution in [0.15, 0.2) is 53.4 Å². The van der Waals surface area contributed by atoms with E-state index in [-0.39, 0.29) is 23.6 Å². The molecule has 1 unspecified atom stereocenters. The summed E-state index contributed by atoms with van der Waals surface area (Å²) in [5.74, 6) is 0.0961. The van der Waals surface area contributed by atoms with Crippen LogP contribution in [0.5, 0.6) is 0 Å². The minimum atomic E-state index is -0.504. The molecule has 2 rings (SSSR count). The molecule has 0 aliphatic heterocycles.